The molecule has 1 amide bonds. The summed E-state index contributed by atoms with van der Waals surface area (Å²) in [5, 5.41) is 5.94. The summed E-state index contributed by atoms with van der Waals surface area (Å²) in [5.74, 6) is 0.407. The molecule has 0 fully saturated rings. The summed E-state index contributed by atoms with van der Waals surface area (Å²) in [5.41, 5.74) is 0.483. The van der Waals surface area contributed by atoms with Crippen LogP contribution in [-0.4, -0.2) is 32.1 Å². The van der Waals surface area contributed by atoms with E-state index in [4.69, 9.17) is 21.1 Å². The minimum atomic E-state index is -0.726. The molecule has 0 saturated heterocycles. The molecule has 0 radical (unpaired) electrons. The summed E-state index contributed by atoms with van der Waals surface area (Å²) in [7, 11) is 2.83. The van der Waals surface area contributed by atoms with Crippen LogP contribution in [0.3, 0.4) is 0 Å². The smallest absolute Gasteiger partial charge is 0.418 e. The Balaban J connectivity index is 2.67. The van der Waals surface area contributed by atoms with Crippen molar-refractivity contribution < 1.29 is 19.1 Å². The first-order valence-electron chi connectivity index (χ1n) is 4.99. The van der Waals surface area contributed by atoms with Crippen LogP contribution >= 0.6 is 11.6 Å². The minimum absolute atomic E-state index is 0.0356. The molecule has 0 atom stereocenters. The molecule has 0 heterocycles. The summed E-state index contributed by atoms with van der Waals surface area (Å²) in [4.78, 5) is 16.0. The van der Waals surface area contributed by atoms with E-state index in [0.29, 0.717) is 11.4 Å². The first-order chi connectivity index (χ1) is 8.71. The number of carbonyl (C=O) groups excluding carboxylic acids is 1. The van der Waals surface area contributed by atoms with Crippen LogP contribution < -0.4 is 10.1 Å². The molecule has 0 saturated carbocycles. The number of carbonyl (C=O) groups is 1. The molecular weight excluding hydrogens is 260 g/mol. The van der Waals surface area contributed by atoms with Crippen molar-refractivity contribution in [3.63, 3.8) is 0 Å². The molecule has 0 unspecified atom stereocenters. The number of amides is 1. The van der Waals surface area contributed by atoms with Crippen molar-refractivity contribution in [2.24, 2.45) is 5.16 Å². The lowest BCUT2D eigenvalue weighted by atomic mass is 10.3. The van der Waals surface area contributed by atoms with E-state index in [9.17, 15) is 4.79 Å². The van der Waals surface area contributed by atoms with Crippen LogP contribution in [-0.2, 0) is 9.57 Å². The second-order valence-electron chi connectivity index (χ2n) is 3.02. The summed E-state index contributed by atoms with van der Waals surface area (Å²) < 4.78 is 9.90. The highest BCUT2D eigenvalue weighted by Crippen LogP contribution is 2.22. The Morgan fingerprint density at radius 1 is 1.39 bits per heavy atom. The van der Waals surface area contributed by atoms with Crippen LogP contribution in [0.5, 0.6) is 5.75 Å². The van der Waals surface area contributed by atoms with Crippen molar-refractivity contribution in [3.8, 4) is 5.75 Å². The highest BCUT2D eigenvalue weighted by Gasteiger charge is 2.11. The van der Waals surface area contributed by atoms with Crippen molar-refractivity contribution in [1.29, 1.82) is 0 Å². The van der Waals surface area contributed by atoms with Gasteiger partial charge in [-0.2, -0.15) is 0 Å². The Kier molecular flexibility index (Phi) is 5.79. The number of methoxy groups -OCH3 is 1. The Labute approximate surface area is 109 Å². The average Bonchev–Trinajstić information content (AvgIpc) is 2.38. The van der Waals surface area contributed by atoms with Gasteiger partial charge in [0, 0.05) is 0 Å². The minimum Gasteiger partial charge on any atom is -0.495 e. The van der Waals surface area contributed by atoms with Gasteiger partial charge in [0.1, 0.15) is 18.7 Å². The zero-order chi connectivity index (χ0) is 13.4. The van der Waals surface area contributed by atoms with E-state index in [1.54, 1.807) is 24.3 Å². The molecule has 1 rings (SSSR count). The molecule has 0 spiro atoms. The largest absolute Gasteiger partial charge is 0.495 e. The number of para-hydroxylation sites is 2. The van der Waals surface area contributed by atoms with E-state index >= 15 is 0 Å². The molecule has 98 valence electrons. The number of anilines is 1. The normalized spacial score (nSPS) is 10.7. The number of rotatable bonds is 4. The van der Waals surface area contributed by atoms with Crippen molar-refractivity contribution in [2.45, 2.75) is 0 Å². The maximum Gasteiger partial charge on any atom is 0.418 e. The number of hydrogen-bond acceptors (Lipinski definition) is 5. The van der Waals surface area contributed by atoms with Crippen LogP contribution in [0.15, 0.2) is 29.4 Å². The summed E-state index contributed by atoms with van der Waals surface area (Å²) >= 11 is 5.51. The van der Waals surface area contributed by atoms with E-state index in [1.165, 1.54) is 14.2 Å². The van der Waals surface area contributed by atoms with Gasteiger partial charge in [-0.15, -0.1) is 11.6 Å². The number of oxime groups is 1. The van der Waals surface area contributed by atoms with Gasteiger partial charge in [-0.3, -0.25) is 5.32 Å². The molecule has 7 heteroatoms. The third-order valence-electron chi connectivity index (χ3n) is 1.86. The lowest BCUT2D eigenvalue weighted by Gasteiger charge is -2.09. The fourth-order valence-corrected chi connectivity index (χ4v) is 1.27. The molecule has 0 aromatic heterocycles. The van der Waals surface area contributed by atoms with Gasteiger partial charge in [0.05, 0.1) is 12.8 Å². The molecule has 0 bridgehead atoms. The predicted octanol–water partition coefficient (Wildman–Crippen LogP) is 2.44. The van der Waals surface area contributed by atoms with Gasteiger partial charge in [-0.05, 0) is 12.1 Å². The van der Waals surface area contributed by atoms with Gasteiger partial charge in [-0.1, -0.05) is 17.3 Å². The standard InChI is InChI=1S/C11H13ClN2O4/c1-16-9-6-4-3-5-8(9)13-11(15)18-10(7-12)14-17-2/h3-6H,7H2,1-2H3,(H,13,15). The van der Waals surface area contributed by atoms with E-state index in [1.807, 2.05) is 0 Å². The number of alkyl halides is 1. The second kappa shape index (κ2) is 7.39. The van der Waals surface area contributed by atoms with Gasteiger partial charge in [0.25, 0.3) is 5.90 Å². The maximum absolute atomic E-state index is 11.5. The van der Waals surface area contributed by atoms with Crippen molar-refractivity contribution in [1.82, 2.24) is 0 Å². The average molecular weight is 273 g/mol. The molecule has 1 N–H and O–H groups in total. The molecule has 0 aliphatic carbocycles. The lowest BCUT2D eigenvalue weighted by molar-refractivity contribution is 0.187. The topological polar surface area (TPSA) is 69.2 Å². The van der Waals surface area contributed by atoms with Gasteiger partial charge in [0.2, 0.25) is 0 Å². The van der Waals surface area contributed by atoms with Crippen LogP contribution in [0.1, 0.15) is 0 Å². The number of halogens is 1. The van der Waals surface area contributed by atoms with Crippen molar-refractivity contribution in [2.75, 3.05) is 25.4 Å². The van der Waals surface area contributed by atoms with Gasteiger partial charge < -0.3 is 14.3 Å². The first-order valence-corrected chi connectivity index (χ1v) is 5.52. The number of nitrogens with one attached hydrogen (secondary N) is 1. The molecule has 0 aliphatic heterocycles. The molecule has 1 aromatic carbocycles. The number of hydrogen-bond donors (Lipinski definition) is 1. The van der Waals surface area contributed by atoms with Gasteiger partial charge in [0.15, 0.2) is 0 Å². The Morgan fingerprint density at radius 2 is 2.11 bits per heavy atom. The van der Waals surface area contributed by atoms with Crippen LogP contribution in [0.2, 0.25) is 0 Å². The lowest BCUT2D eigenvalue weighted by Crippen LogP contribution is -2.20. The third-order valence-corrected chi connectivity index (χ3v) is 2.09. The number of nitrogens with zero attached hydrogens (tertiary/aromatic N) is 1. The fraction of sp³-hybridized carbons (Fsp3) is 0.273. The SMILES string of the molecule is CON=C(CCl)OC(=O)Nc1ccccc1OC. The number of ether oxygens (including phenoxy) is 2. The zero-order valence-electron chi connectivity index (χ0n) is 9.97. The third kappa shape index (κ3) is 4.14. The first kappa shape index (κ1) is 14.1. The van der Waals surface area contributed by atoms with Crippen LogP contribution in [0.25, 0.3) is 0 Å². The molecular formula is C11H13ClN2O4. The molecule has 0 aliphatic rings. The second-order valence-corrected chi connectivity index (χ2v) is 3.28. The van der Waals surface area contributed by atoms with E-state index < -0.39 is 6.09 Å². The Morgan fingerprint density at radius 3 is 2.72 bits per heavy atom. The Bertz CT molecular complexity index is 437. The fourth-order valence-electron chi connectivity index (χ4n) is 1.16. The summed E-state index contributed by atoms with van der Waals surface area (Å²) in [6.45, 7) is 0. The van der Waals surface area contributed by atoms with Gasteiger partial charge in [-0.25, -0.2) is 4.79 Å². The van der Waals surface area contributed by atoms with E-state index in [2.05, 4.69) is 15.3 Å². The monoisotopic (exact) mass is 272 g/mol. The Hall–Kier alpha value is -1.95. The quantitative estimate of drug-likeness (QED) is 0.396. The molecule has 18 heavy (non-hydrogen) atoms. The number of benzene rings is 1. The molecule has 1 aromatic rings. The highest BCUT2D eigenvalue weighted by molar-refractivity contribution is 6.28. The molecule has 6 nitrogen and oxygen atoms in total. The van der Waals surface area contributed by atoms with Crippen LogP contribution in [0, 0.1) is 0 Å². The van der Waals surface area contributed by atoms with Gasteiger partial charge >= 0.3 is 6.09 Å². The summed E-state index contributed by atoms with van der Waals surface area (Å²) in [6.07, 6.45) is -0.726. The van der Waals surface area contributed by atoms with E-state index in [0.717, 1.165) is 0 Å². The highest BCUT2D eigenvalue weighted by atomic mass is 35.5. The summed E-state index contributed by atoms with van der Waals surface area (Å²) in [6, 6.07) is 6.92. The van der Waals surface area contributed by atoms with Crippen molar-refractivity contribution in [3.05, 3.63) is 24.3 Å². The predicted molar refractivity (Wildman–Crippen MR) is 68.3 cm³/mol. The van der Waals surface area contributed by atoms with Crippen molar-refractivity contribution >= 4 is 29.3 Å². The van der Waals surface area contributed by atoms with Crippen LogP contribution in [0.4, 0.5) is 10.5 Å². The maximum atomic E-state index is 11.5. The van der Waals surface area contributed by atoms with E-state index in [-0.39, 0.29) is 11.8 Å². The zero-order valence-corrected chi connectivity index (χ0v) is 10.7.